The van der Waals surface area contributed by atoms with Crippen molar-refractivity contribution in [1.82, 2.24) is 0 Å². The Morgan fingerprint density at radius 2 is 0.589 bits per heavy atom. The molecule has 0 radical (unpaired) electrons. The van der Waals surface area contributed by atoms with E-state index in [-0.39, 0.29) is 0 Å². The van der Waals surface area contributed by atoms with Crippen LogP contribution < -0.4 is 0 Å². The molecule has 12 rings (SSSR count). The van der Waals surface area contributed by atoms with Gasteiger partial charge in [0.2, 0.25) is 0 Å². The van der Waals surface area contributed by atoms with E-state index in [1.54, 1.807) is 0 Å². The Bertz CT molecular complexity index is 1500. The summed E-state index contributed by atoms with van der Waals surface area (Å²) in [7, 11) is -4.77. The lowest BCUT2D eigenvalue weighted by Crippen LogP contribution is -2.47. The molecule has 0 aromatic heterocycles. The van der Waals surface area contributed by atoms with Crippen LogP contribution >= 0.6 is 0 Å². The number of hydrogen-bond acceptors (Lipinski definition) is 5. The van der Waals surface area contributed by atoms with Crippen molar-refractivity contribution in [3.05, 3.63) is 72.9 Å². The maximum atomic E-state index is 6.87. The standard InChI is InChI=1S/C25H36O3Si.C24H34O2Si/c1-29(26-14-23-11-17-2-5-20(23)8-17,27-15-24-12-18-3-6-21(24)9-18)28-16-25-13-19-4-7-22(25)10-19;1-27(24-13-18-4-7-21(24)10-18,25-14-22-11-16-2-5-19(22)8-16)26-15-23-12-17-3-6-20(23)9-17/h2-7,17-25H,8-16H2,1H3;2-7,16-24H,8-15H2,1H3. The van der Waals surface area contributed by atoms with Crippen LogP contribution in [0, 0.1) is 101 Å². The first-order valence-electron chi connectivity index (χ1n) is 23.6. The van der Waals surface area contributed by atoms with Crippen LogP contribution in [0.5, 0.6) is 0 Å². The van der Waals surface area contributed by atoms with Crippen LogP contribution in [0.1, 0.15) is 77.0 Å². The fourth-order valence-electron chi connectivity index (χ4n) is 14.5. The zero-order valence-corrected chi connectivity index (χ0v) is 36.4. The number of fused-ring (bicyclic) bond motifs is 12. The molecule has 7 heteroatoms. The third-order valence-electron chi connectivity index (χ3n) is 17.9. The molecule has 0 amide bonds. The van der Waals surface area contributed by atoms with Crippen molar-refractivity contribution in [2.24, 2.45) is 101 Å². The maximum absolute atomic E-state index is 6.87. The van der Waals surface area contributed by atoms with Crippen LogP contribution in [0.25, 0.3) is 0 Å². The van der Waals surface area contributed by atoms with Crippen molar-refractivity contribution in [1.29, 1.82) is 0 Å². The molecule has 0 N–H and O–H groups in total. The third-order valence-corrected chi connectivity index (χ3v) is 23.4. The smallest absolute Gasteiger partial charge is 0.394 e. The average Bonchev–Trinajstić information content (AvgIpc) is 4.07. The first kappa shape index (κ1) is 37.7. The molecule has 0 aromatic carbocycles. The normalized spacial score (nSPS) is 49.0. The van der Waals surface area contributed by atoms with Gasteiger partial charge in [-0.3, -0.25) is 0 Å². The monoisotopic (exact) mass is 794 g/mol. The molecule has 18 unspecified atom stereocenters. The van der Waals surface area contributed by atoms with Gasteiger partial charge in [0, 0.05) is 45.1 Å². The molecule has 12 bridgehead atoms. The summed E-state index contributed by atoms with van der Waals surface area (Å²) in [6, 6.07) is 0. The van der Waals surface area contributed by atoms with Crippen LogP contribution in [-0.2, 0) is 22.1 Å². The molecule has 6 fully saturated rings. The third kappa shape index (κ3) is 7.53. The van der Waals surface area contributed by atoms with Crippen molar-refractivity contribution in [2.45, 2.75) is 95.7 Å². The van der Waals surface area contributed by atoms with Crippen LogP contribution in [0.2, 0.25) is 18.6 Å². The Balaban J connectivity index is 0.000000130. The Hall–Kier alpha value is -1.33. The predicted molar refractivity (Wildman–Crippen MR) is 226 cm³/mol. The van der Waals surface area contributed by atoms with Gasteiger partial charge in [-0.1, -0.05) is 72.9 Å². The Morgan fingerprint density at radius 1 is 0.321 bits per heavy atom. The van der Waals surface area contributed by atoms with Crippen LogP contribution in [0.3, 0.4) is 0 Å². The van der Waals surface area contributed by atoms with Gasteiger partial charge >= 0.3 is 17.4 Å². The first-order chi connectivity index (χ1) is 27.3. The molecule has 12 aliphatic carbocycles. The Labute approximate surface area is 340 Å². The summed E-state index contributed by atoms with van der Waals surface area (Å²) in [4.78, 5) is 0. The topological polar surface area (TPSA) is 46.2 Å². The van der Waals surface area contributed by atoms with E-state index < -0.39 is 17.4 Å². The number of rotatable bonds is 16. The molecule has 6 saturated carbocycles. The Kier molecular flexibility index (Phi) is 10.3. The van der Waals surface area contributed by atoms with Gasteiger partial charge in [-0.2, -0.15) is 0 Å². The van der Waals surface area contributed by atoms with E-state index in [1.165, 1.54) is 77.0 Å². The van der Waals surface area contributed by atoms with Gasteiger partial charge in [0.15, 0.2) is 0 Å². The summed E-state index contributed by atoms with van der Waals surface area (Å²) in [6.07, 6.45) is 45.3. The molecule has 5 nitrogen and oxygen atoms in total. The minimum absolute atomic E-state index is 0.667. The quantitative estimate of drug-likeness (QED) is 0.115. The number of allylic oxidation sites excluding steroid dienone is 12. The molecule has 304 valence electrons. The van der Waals surface area contributed by atoms with Crippen molar-refractivity contribution in [3.63, 3.8) is 0 Å². The zero-order valence-electron chi connectivity index (χ0n) is 34.4. The summed E-state index contributed by atoms with van der Waals surface area (Å²) in [6.45, 7) is 8.94. The van der Waals surface area contributed by atoms with E-state index in [1.807, 2.05) is 0 Å². The van der Waals surface area contributed by atoms with Gasteiger partial charge in [0.1, 0.15) is 0 Å². The largest absolute Gasteiger partial charge is 0.497 e. The molecule has 0 heterocycles. The molecular formula is C49H70O5Si2. The fourth-order valence-corrected chi connectivity index (χ4v) is 19.7. The minimum Gasteiger partial charge on any atom is -0.394 e. The van der Waals surface area contributed by atoms with E-state index in [2.05, 4.69) is 86.0 Å². The van der Waals surface area contributed by atoms with Crippen LogP contribution in [0.4, 0.5) is 0 Å². The molecule has 18 atom stereocenters. The lowest BCUT2D eigenvalue weighted by molar-refractivity contribution is 0.0271. The van der Waals surface area contributed by atoms with Crippen molar-refractivity contribution < 1.29 is 22.1 Å². The summed E-state index contributed by atoms with van der Waals surface area (Å²) in [5, 5.41) is 0. The van der Waals surface area contributed by atoms with E-state index in [4.69, 9.17) is 22.1 Å². The summed E-state index contributed by atoms with van der Waals surface area (Å²) < 4.78 is 33.5. The first-order valence-corrected chi connectivity index (χ1v) is 28.2. The lowest BCUT2D eigenvalue weighted by atomic mass is 9.95. The van der Waals surface area contributed by atoms with E-state index in [0.29, 0.717) is 23.3 Å². The van der Waals surface area contributed by atoms with Gasteiger partial charge in [0.25, 0.3) is 0 Å². The van der Waals surface area contributed by atoms with Crippen molar-refractivity contribution in [3.8, 4) is 0 Å². The van der Waals surface area contributed by atoms with Gasteiger partial charge in [0.05, 0.1) is 0 Å². The van der Waals surface area contributed by atoms with Gasteiger partial charge in [-0.25, -0.2) is 0 Å². The van der Waals surface area contributed by atoms with Crippen molar-refractivity contribution >= 4 is 17.4 Å². The Morgan fingerprint density at radius 3 is 0.821 bits per heavy atom. The minimum atomic E-state index is -2.61. The van der Waals surface area contributed by atoms with Gasteiger partial charge in [-0.05, 0) is 184 Å². The molecule has 0 aliphatic heterocycles. The highest BCUT2D eigenvalue weighted by Gasteiger charge is 2.53. The van der Waals surface area contributed by atoms with Crippen LogP contribution in [-0.4, -0.2) is 50.4 Å². The highest BCUT2D eigenvalue weighted by molar-refractivity contribution is 6.67. The molecule has 0 saturated heterocycles. The lowest BCUT2D eigenvalue weighted by Gasteiger charge is -2.38. The highest BCUT2D eigenvalue weighted by Crippen LogP contribution is 2.54. The second-order valence-corrected chi connectivity index (χ2v) is 27.5. The van der Waals surface area contributed by atoms with Crippen molar-refractivity contribution in [2.75, 3.05) is 33.0 Å². The highest BCUT2D eigenvalue weighted by atomic mass is 28.4. The molecule has 12 aliphatic rings. The summed E-state index contributed by atoms with van der Waals surface area (Å²) in [5.41, 5.74) is 0.677. The summed E-state index contributed by atoms with van der Waals surface area (Å²) in [5.74, 6) is 12.8. The second-order valence-electron chi connectivity index (χ2n) is 21.5. The molecule has 56 heavy (non-hydrogen) atoms. The molecule has 0 spiro atoms. The molecular weight excluding hydrogens is 725 g/mol. The zero-order chi connectivity index (χ0) is 37.4. The number of hydrogen-bond donors (Lipinski definition) is 0. The SMILES string of the molecule is C[Si](OCC1CC2C=CC1C2)(OCC1CC2C=CC1C2)C1CC2C=CC1C2.C[Si](OCC1CC2C=CC1C2)(OCC1CC2C=CC1C2)OCC1CC2C=CC1C2. The molecule has 0 aromatic rings. The van der Waals surface area contributed by atoms with E-state index in [0.717, 1.165) is 116 Å². The summed E-state index contributed by atoms with van der Waals surface area (Å²) >= 11 is 0. The van der Waals surface area contributed by atoms with E-state index >= 15 is 0 Å². The predicted octanol–water partition coefficient (Wildman–Crippen LogP) is 10.7. The van der Waals surface area contributed by atoms with Gasteiger partial charge < -0.3 is 22.1 Å². The van der Waals surface area contributed by atoms with E-state index in [9.17, 15) is 0 Å². The maximum Gasteiger partial charge on any atom is 0.497 e. The fraction of sp³-hybridized carbons (Fsp3) is 0.755. The van der Waals surface area contributed by atoms with Gasteiger partial charge in [-0.15, -0.1) is 0 Å². The second kappa shape index (κ2) is 15.3. The van der Waals surface area contributed by atoms with Crippen LogP contribution in [0.15, 0.2) is 72.9 Å². The average molecular weight is 795 g/mol.